The molecule has 5 rings (SSSR count). The van der Waals surface area contributed by atoms with E-state index in [1.165, 1.54) is 5.56 Å². The predicted molar refractivity (Wildman–Crippen MR) is 139 cm³/mol. The number of hydrogen-bond donors (Lipinski definition) is 1. The Kier molecular flexibility index (Phi) is 6.60. The zero-order chi connectivity index (χ0) is 25.8. The van der Waals surface area contributed by atoms with Crippen molar-refractivity contribution in [1.29, 1.82) is 5.26 Å². The summed E-state index contributed by atoms with van der Waals surface area (Å²) in [5.41, 5.74) is 10.7. The first-order valence-corrected chi connectivity index (χ1v) is 11.8. The molecule has 1 heterocycles. The van der Waals surface area contributed by atoms with Gasteiger partial charge in [0.1, 0.15) is 35.5 Å². The van der Waals surface area contributed by atoms with Crippen LogP contribution in [0.4, 0.5) is 0 Å². The van der Waals surface area contributed by atoms with Crippen LogP contribution in [0.1, 0.15) is 38.5 Å². The van der Waals surface area contributed by atoms with Gasteiger partial charge in [0.25, 0.3) is 0 Å². The van der Waals surface area contributed by atoms with Gasteiger partial charge in [0.15, 0.2) is 0 Å². The number of esters is 1. The number of nitriles is 1. The highest BCUT2D eigenvalue weighted by Gasteiger charge is 2.31. The van der Waals surface area contributed by atoms with Crippen LogP contribution in [0.3, 0.4) is 0 Å². The van der Waals surface area contributed by atoms with Gasteiger partial charge in [0.05, 0.1) is 11.5 Å². The van der Waals surface area contributed by atoms with Crippen molar-refractivity contribution in [3.05, 3.63) is 136 Å². The minimum atomic E-state index is -0.479. The molecule has 0 saturated heterocycles. The van der Waals surface area contributed by atoms with Crippen LogP contribution in [0.5, 0.6) is 17.2 Å². The third kappa shape index (κ3) is 5.16. The normalized spacial score (nSPS) is 14.2. The molecule has 2 N–H and O–H groups in total. The van der Waals surface area contributed by atoms with E-state index in [4.69, 9.17) is 19.9 Å². The molecule has 1 aliphatic heterocycles. The first-order valence-electron chi connectivity index (χ1n) is 11.8. The summed E-state index contributed by atoms with van der Waals surface area (Å²) < 4.78 is 17.3. The van der Waals surface area contributed by atoms with Crippen LogP contribution in [-0.4, -0.2) is 5.97 Å². The maximum Gasteiger partial charge on any atom is 0.343 e. The third-order valence-electron chi connectivity index (χ3n) is 6.13. The number of hydrogen-bond acceptors (Lipinski definition) is 6. The summed E-state index contributed by atoms with van der Waals surface area (Å²) in [5.74, 6) is 0.483. The zero-order valence-corrected chi connectivity index (χ0v) is 20.2. The first kappa shape index (κ1) is 23.7. The molecule has 182 valence electrons. The number of benzene rings is 4. The van der Waals surface area contributed by atoms with Crippen molar-refractivity contribution in [2.24, 2.45) is 5.73 Å². The van der Waals surface area contributed by atoms with E-state index in [-0.39, 0.29) is 5.88 Å². The van der Waals surface area contributed by atoms with E-state index < -0.39 is 11.9 Å². The van der Waals surface area contributed by atoms with E-state index in [2.05, 4.69) is 6.07 Å². The molecule has 1 atom stereocenters. The number of rotatable bonds is 6. The standard InChI is InChI=1S/C31H24N2O4/c1-20-10-12-21(13-11-20)19-35-24-9-5-8-23(16-24)29-26-15-14-25(17-28(26)37-30(33)27(29)18-32)36-31(34)22-6-3-2-4-7-22/h2-17,29H,19,33H2,1H3. The average Bonchev–Trinajstić information content (AvgIpc) is 2.92. The fourth-order valence-electron chi connectivity index (χ4n) is 4.22. The number of nitrogens with zero attached hydrogens (tertiary/aromatic N) is 1. The van der Waals surface area contributed by atoms with Crippen LogP contribution in [0.2, 0.25) is 0 Å². The van der Waals surface area contributed by atoms with Gasteiger partial charge in [-0.15, -0.1) is 0 Å². The molecule has 0 spiro atoms. The lowest BCUT2D eigenvalue weighted by atomic mass is 9.83. The molecule has 0 saturated carbocycles. The Balaban J connectivity index is 1.42. The lowest BCUT2D eigenvalue weighted by Crippen LogP contribution is -2.21. The van der Waals surface area contributed by atoms with E-state index in [9.17, 15) is 10.1 Å². The second kappa shape index (κ2) is 10.3. The molecule has 0 aliphatic carbocycles. The number of nitrogens with two attached hydrogens (primary N) is 1. The number of ether oxygens (including phenoxy) is 3. The summed E-state index contributed by atoms with van der Waals surface area (Å²) in [6.07, 6.45) is 0. The average molecular weight is 489 g/mol. The monoisotopic (exact) mass is 488 g/mol. The van der Waals surface area contributed by atoms with Crippen molar-refractivity contribution in [2.45, 2.75) is 19.4 Å². The minimum Gasteiger partial charge on any atom is -0.489 e. The summed E-state index contributed by atoms with van der Waals surface area (Å²) in [6.45, 7) is 2.47. The van der Waals surface area contributed by atoms with Gasteiger partial charge in [-0.2, -0.15) is 5.26 Å². The quantitative estimate of drug-likeness (QED) is 0.264. The second-order valence-electron chi connectivity index (χ2n) is 8.73. The first-order chi connectivity index (χ1) is 18.0. The summed E-state index contributed by atoms with van der Waals surface area (Å²) in [5, 5.41) is 9.89. The van der Waals surface area contributed by atoms with Crippen LogP contribution in [0, 0.1) is 18.3 Å². The molecule has 6 heteroatoms. The lowest BCUT2D eigenvalue weighted by molar-refractivity contribution is 0.0734. The molecule has 4 aromatic carbocycles. The number of carbonyl (C=O) groups excluding carboxylic acids is 1. The topological polar surface area (TPSA) is 94.6 Å². The van der Waals surface area contributed by atoms with Crippen LogP contribution in [0.15, 0.2) is 109 Å². The fraction of sp³-hybridized carbons (Fsp3) is 0.0968. The van der Waals surface area contributed by atoms with Crippen molar-refractivity contribution in [3.8, 4) is 23.3 Å². The molecule has 0 amide bonds. The summed E-state index contributed by atoms with van der Waals surface area (Å²) in [7, 11) is 0. The van der Waals surface area contributed by atoms with Crippen molar-refractivity contribution in [3.63, 3.8) is 0 Å². The van der Waals surface area contributed by atoms with Gasteiger partial charge in [-0.3, -0.25) is 0 Å². The summed E-state index contributed by atoms with van der Waals surface area (Å²) in [4.78, 5) is 12.5. The van der Waals surface area contributed by atoms with E-state index >= 15 is 0 Å². The predicted octanol–water partition coefficient (Wildman–Crippen LogP) is 6.01. The number of aryl methyl sites for hydroxylation is 1. The lowest BCUT2D eigenvalue weighted by Gasteiger charge is -2.27. The second-order valence-corrected chi connectivity index (χ2v) is 8.73. The SMILES string of the molecule is Cc1ccc(COc2cccc(C3C(C#N)=C(N)Oc4cc(OC(=O)c5ccccc5)ccc43)c2)cc1. The Morgan fingerprint density at radius 3 is 2.49 bits per heavy atom. The number of carbonyl (C=O) groups is 1. The van der Waals surface area contributed by atoms with Crippen molar-refractivity contribution >= 4 is 5.97 Å². The molecule has 37 heavy (non-hydrogen) atoms. The van der Waals surface area contributed by atoms with E-state index in [0.717, 1.165) is 16.7 Å². The van der Waals surface area contributed by atoms with Crippen molar-refractivity contribution < 1.29 is 19.0 Å². The Morgan fingerprint density at radius 2 is 1.73 bits per heavy atom. The fourth-order valence-corrected chi connectivity index (χ4v) is 4.22. The van der Waals surface area contributed by atoms with Crippen LogP contribution in [-0.2, 0) is 6.61 Å². The highest BCUT2D eigenvalue weighted by atomic mass is 16.5. The van der Waals surface area contributed by atoms with Crippen LogP contribution in [0.25, 0.3) is 0 Å². The van der Waals surface area contributed by atoms with Gasteiger partial charge in [-0.1, -0.05) is 66.2 Å². The summed E-state index contributed by atoms with van der Waals surface area (Å²) >= 11 is 0. The molecule has 0 aromatic heterocycles. The van der Waals surface area contributed by atoms with Crippen LogP contribution < -0.4 is 19.9 Å². The van der Waals surface area contributed by atoms with Gasteiger partial charge in [0, 0.05) is 11.6 Å². The van der Waals surface area contributed by atoms with Gasteiger partial charge in [-0.25, -0.2) is 4.79 Å². The van der Waals surface area contributed by atoms with E-state index in [1.54, 1.807) is 42.5 Å². The number of allylic oxidation sites excluding steroid dienone is 1. The Morgan fingerprint density at radius 1 is 0.946 bits per heavy atom. The maximum absolute atomic E-state index is 12.5. The minimum absolute atomic E-state index is 0.0116. The van der Waals surface area contributed by atoms with E-state index in [1.807, 2.05) is 61.5 Å². The van der Waals surface area contributed by atoms with Crippen molar-refractivity contribution in [2.75, 3.05) is 0 Å². The zero-order valence-electron chi connectivity index (χ0n) is 20.2. The highest BCUT2D eigenvalue weighted by Crippen LogP contribution is 2.44. The van der Waals surface area contributed by atoms with Gasteiger partial charge >= 0.3 is 5.97 Å². The molecule has 6 nitrogen and oxygen atoms in total. The molecule has 4 aromatic rings. The molecular weight excluding hydrogens is 464 g/mol. The van der Waals surface area contributed by atoms with Crippen molar-refractivity contribution in [1.82, 2.24) is 0 Å². The van der Waals surface area contributed by atoms with E-state index in [0.29, 0.717) is 35.0 Å². The third-order valence-corrected chi connectivity index (χ3v) is 6.13. The Bertz CT molecular complexity index is 1520. The molecule has 0 radical (unpaired) electrons. The summed E-state index contributed by atoms with van der Waals surface area (Å²) in [6, 6.07) is 31.8. The molecule has 1 aliphatic rings. The van der Waals surface area contributed by atoms with Crippen LogP contribution >= 0.6 is 0 Å². The molecule has 0 fully saturated rings. The van der Waals surface area contributed by atoms with Gasteiger partial charge in [-0.05, 0) is 48.4 Å². The Hall–Kier alpha value is -5.02. The molecular formula is C31H24N2O4. The molecule has 1 unspecified atom stereocenters. The largest absolute Gasteiger partial charge is 0.489 e. The Labute approximate surface area is 215 Å². The smallest absolute Gasteiger partial charge is 0.343 e. The van der Waals surface area contributed by atoms with Gasteiger partial charge in [0.2, 0.25) is 5.88 Å². The molecule has 0 bridgehead atoms. The maximum atomic E-state index is 12.5. The van der Waals surface area contributed by atoms with Gasteiger partial charge < -0.3 is 19.9 Å². The highest BCUT2D eigenvalue weighted by molar-refractivity contribution is 5.91. The number of fused-ring (bicyclic) bond motifs is 1.